The van der Waals surface area contributed by atoms with Crippen molar-refractivity contribution in [3.63, 3.8) is 0 Å². The molecule has 0 unspecified atom stereocenters. The first kappa shape index (κ1) is 20.7. The third kappa shape index (κ3) is 5.05. The lowest BCUT2D eigenvalue weighted by Crippen LogP contribution is -2.55. The quantitative estimate of drug-likeness (QED) is 0.389. The maximum absolute atomic E-state index is 8.80. The van der Waals surface area contributed by atoms with Crippen LogP contribution >= 0.6 is 0 Å². The summed E-state index contributed by atoms with van der Waals surface area (Å²) in [5.74, 6) is 2.69. The van der Waals surface area contributed by atoms with Crippen molar-refractivity contribution in [2.45, 2.75) is 52.2 Å². The number of amidine groups is 2. The lowest BCUT2D eigenvalue weighted by Gasteiger charge is -2.39. The van der Waals surface area contributed by atoms with Crippen molar-refractivity contribution in [3.8, 4) is 0 Å². The van der Waals surface area contributed by atoms with Crippen LogP contribution in [0.5, 0.6) is 0 Å². The molecular weight excluding hydrogens is 356 g/mol. The molecule has 0 aromatic rings. The van der Waals surface area contributed by atoms with Gasteiger partial charge in [0.15, 0.2) is 0 Å². The van der Waals surface area contributed by atoms with Crippen LogP contribution in [-0.4, -0.2) is 55.5 Å². The van der Waals surface area contributed by atoms with Gasteiger partial charge in [-0.25, -0.2) is 5.48 Å². The van der Waals surface area contributed by atoms with Crippen LogP contribution in [0.15, 0.2) is 28.2 Å². The minimum Gasteiger partial charge on any atom is -0.402 e. The smallest absolute Gasteiger partial charge is 0.258 e. The molecule has 0 aromatic heterocycles. The first-order valence-corrected chi connectivity index (χ1v) is 10.2. The Morgan fingerprint density at radius 1 is 1.46 bits per heavy atom. The highest BCUT2D eigenvalue weighted by Crippen LogP contribution is 2.33. The Morgan fingerprint density at radius 3 is 2.82 bits per heavy atom. The number of nitrogens with zero attached hydrogens (tertiary/aromatic N) is 2. The monoisotopic (exact) mass is 390 g/mol. The molecule has 2 heterocycles. The van der Waals surface area contributed by atoms with E-state index in [-0.39, 0.29) is 6.10 Å². The van der Waals surface area contributed by atoms with Gasteiger partial charge in [-0.05, 0) is 44.7 Å². The summed E-state index contributed by atoms with van der Waals surface area (Å²) < 4.78 is 5.73. The first-order chi connectivity index (χ1) is 13.4. The standard InChI is InChI=1S/C20H34N6O2/c1-12(2)10-23-16-7-8-26(11-17(16)27-4)18(22)15(9-13(3)21)20-24-19(25-28-20)14-5-6-14/h9,12,14,16-17,22-23H,5-8,10-11,21H2,1-4H3,(H,24,25)/b13-9-,20-15+,22-18?/t16-,17+/m1/s1. The zero-order valence-electron chi connectivity index (χ0n) is 17.4. The van der Waals surface area contributed by atoms with Crippen LogP contribution in [0.1, 0.15) is 40.0 Å². The van der Waals surface area contributed by atoms with Crippen molar-refractivity contribution in [1.82, 2.24) is 15.7 Å². The van der Waals surface area contributed by atoms with Crippen LogP contribution in [0.4, 0.5) is 0 Å². The number of nitrogens with two attached hydrogens (primary N) is 1. The molecule has 0 spiro atoms. The van der Waals surface area contributed by atoms with Crippen molar-refractivity contribution in [1.29, 1.82) is 5.41 Å². The summed E-state index contributed by atoms with van der Waals surface area (Å²) in [5.41, 5.74) is 10.1. The fourth-order valence-corrected chi connectivity index (χ4v) is 3.51. The molecule has 5 N–H and O–H groups in total. The Kier molecular flexibility index (Phi) is 6.61. The molecule has 0 aromatic carbocycles. The second-order valence-corrected chi connectivity index (χ2v) is 8.35. The van der Waals surface area contributed by atoms with Gasteiger partial charge < -0.3 is 25.5 Å². The summed E-state index contributed by atoms with van der Waals surface area (Å²) in [6.45, 7) is 8.59. The predicted octanol–water partition coefficient (Wildman–Crippen LogP) is 1.72. The Hall–Kier alpha value is -2.06. The largest absolute Gasteiger partial charge is 0.402 e. The number of methoxy groups -OCH3 is 1. The van der Waals surface area contributed by atoms with Gasteiger partial charge in [0, 0.05) is 37.9 Å². The van der Waals surface area contributed by atoms with Crippen LogP contribution in [0.25, 0.3) is 0 Å². The summed E-state index contributed by atoms with van der Waals surface area (Å²) in [6, 6.07) is 0.295. The third-order valence-electron chi connectivity index (χ3n) is 5.26. The van der Waals surface area contributed by atoms with Gasteiger partial charge in [-0.2, -0.15) is 4.99 Å². The fraction of sp³-hybridized carbons (Fsp3) is 0.700. The maximum Gasteiger partial charge on any atom is 0.258 e. The number of ether oxygens (including phenoxy) is 1. The molecule has 1 saturated carbocycles. The van der Waals surface area contributed by atoms with E-state index in [4.69, 9.17) is 20.7 Å². The van der Waals surface area contributed by atoms with Crippen LogP contribution in [0.2, 0.25) is 0 Å². The second kappa shape index (κ2) is 8.96. The molecule has 28 heavy (non-hydrogen) atoms. The van der Waals surface area contributed by atoms with Crippen molar-refractivity contribution in [2.75, 3.05) is 26.7 Å². The van der Waals surface area contributed by atoms with Gasteiger partial charge >= 0.3 is 0 Å². The van der Waals surface area contributed by atoms with E-state index in [1.54, 1.807) is 13.2 Å². The minimum atomic E-state index is 0.0233. The van der Waals surface area contributed by atoms with E-state index in [9.17, 15) is 0 Å². The summed E-state index contributed by atoms with van der Waals surface area (Å²) in [5, 5.41) is 12.4. The Labute approximate surface area is 167 Å². The summed E-state index contributed by atoms with van der Waals surface area (Å²) in [4.78, 5) is 12.2. The van der Waals surface area contributed by atoms with Gasteiger partial charge in [0.05, 0.1) is 11.7 Å². The molecule has 3 rings (SSSR count). The molecule has 2 aliphatic heterocycles. The van der Waals surface area contributed by atoms with Gasteiger partial charge in [0.2, 0.25) is 0 Å². The number of hydroxylamine groups is 1. The average molecular weight is 391 g/mol. The molecule has 1 saturated heterocycles. The van der Waals surface area contributed by atoms with Crippen molar-refractivity contribution < 1.29 is 9.57 Å². The number of hydrogen-bond donors (Lipinski definition) is 4. The molecule has 2 atom stereocenters. The normalized spacial score (nSPS) is 27.4. The number of likely N-dealkylation sites (tertiary alicyclic amines) is 1. The summed E-state index contributed by atoms with van der Waals surface area (Å²) in [6.07, 6.45) is 4.97. The van der Waals surface area contributed by atoms with E-state index >= 15 is 0 Å². The lowest BCUT2D eigenvalue weighted by atomic mass is 9.99. The van der Waals surface area contributed by atoms with Crippen LogP contribution in [0.3, 0.4) is 0 Å². The lowest BCUT2D eigenvalue weighted by molar-refractivity contribution is 0.0249. The van der Waals surface area contributed by atoms with Crippen molar-refractivity contribution in [3.05, 3.63) is 23.2 Å². The Morgan fingerprint density at radius 2 is 2.21 bits per heavy atom. The van der Waals surface area contributed by atoms with Gasteiger partial charge in [0.25, 0.3) is 5.88 Å². The van der Waals surface area contributed by atoms with E-state index in [0.717, 1.165) is 38.2 Å². The van der Waals surface area contributed by atoms with E-state index in [1.165, 1.54) is 0 Å². The highest BCUT2D eigenvalue weighted by atomic mass is 16.7. The van der Waals surface area contributed by atoms with Gasteiger partial charge in [-0.3, -0.25) is 5.41 Å². The molecule has 0 radical (unpaired) electrons. The third-order valence-corrected chi connectivity index (χ3v) is 5.26. The number of piperidine rings is 1. The second-order valence-electron chi connectivity index (χ2n) is 8.35. The molecule has 1 aliphatic carbocycles. The molecule has 0 bridgehead atoms. The topological polar surface area (TPSA) is 108 Å². The predicted molar refractivity (Wildman–Crippen MR) is 111 cm³/mol. The van der Waals surface area contributed by atoms with Crippen LogP contribution in [-0.2, 0) is 9.57 Å². The average Bonchev–Trinajstić information content (AvgIpc) is 3.40. The first-order valence-electron chi connectivity index (χ1n) is 10.2. The number of aliphatic imine (C=N–C) groups is 1. The van der Waals surface area contributed by atoms with Crippen molar-refractivity contribution >= 4 is 11.7 Å². The molecule has 8 heteroatoms. The minimum absolute atomic E-state index is 0.0233. The summed E-state index contributed by atoms with van der Waals surface area (Å²) >= 11 is 0. The molecule has 8 nitrogen and oxygen atoms in total. The molecular formula is C20H34N6O2. The van der Waals surface area contributed by atoms with E-state index in [0.29, 0.717) is 47.4 Å². The number of allylic oxidation sites excluding steroid dienone is 1. The van der Waals surface area contributed by atoms with E-state index < -0.39 is 0 Å². The van der Waals surface area contributed by atoms with Gasteiger partial charge in [-0.1, -0.05) is 13.8 Å². The van der Waals surface area contributed by atoms with E-state index in [1.807, 2.05) is 11.8 Å². The Bertz CT molecular complexity index is 676. The van der Waals surface area contributed by atoms with Crippen LogP contribution < -0.4 is 16.5 Å². The van der Waals surface area contributed by atoms with Gasteiger partial charge in [-0.15, -0.1) is 0 Å². The molecule has 3 aliphatic rings. The summed E-state index contributed by atoms with van der Waals surface area (Å²) in [7, 11) is 1.74. The zero-order valence-corrected chi connectivity index (χ0v) is 17.4. The van der Waals surface area contributed by atoms with Crippen LogP contribution in [0, 0.1) is 17.2 Å². The molecule has 156 valence electrons. The number of hydrogen-bond acceptors (Lipinski definition) is 7. The zero-order chi connectivity index (χ0) is 20.3. The Balaban J connectivity index is 1.74. The molecule has 0 amide bonds. The highest BCUT2D eigenvalue weighted by Gasteiger charge is 2.35. The SMILES string of the molecule is CO[C@H]1CN(C(=N)C(/C=C(/C)N)=C2\N=C(C3CC3)NO2)CC[C@H]1NCC(C)C. The molecule has 2 fully saturated rings. The maximum atomic E-state index is 8.80. The van der Waals surface area contributed by atoms with E-state index in [2.05, 4.69) is 29.6 Å². The number of nitrogens with one attached hydrogen (secondary N) is 3. The van der Waals surface area contributed by atoms with Crippen molar-refractivity contribution in [2.24, 2.45) is 22.6 Å². The van der Waals surface area contributed by atoms with Gasteiger partial charge in [0.1, 0.15) is 11.7 Å². The highest BCUT2D eigenvalue weighted by molar-refractivity contribution is 6.00. The number of rotatable bonds is 7. The fourth-order valence-electron chi connectivity index (χ4n) is 3.51.